The Hall–Kier alpha value is -1.54. The van der Waals surface area contributed by atoms with Crippen molar-refractivity contribution < 1.29 is 4.42 Å². The number of benzene rings is 1. The monoisotopic (exact) mass is 257 g/mol. The molecule has 0 aliphatic rings. The van der Waals surface area contributed by atoms with E-state index >= 15 is 0 Å². The fraction of sp³-hybridized carbons (Fsp3) is 0.412. The summed E-state index contributed by atoms with van der Waals surface area (Å²) in [5.41, 5.74) is 3.92. The lowest BCUT2D eigenvalue weighted by atomic mass is 9.97. The number of furan rings is 1. The minimum atomic E-state index is 0.207. The summed E-state index contributed by atoms with van der Waals surface area (Å²) in [6, 6.07) is 11.2. The Morgan fingerprint density at radius 2 is 1.89 bits per heavy atom. The van der Waals surface area contributed by atoms with Crippen LogP contribution in [0.3, 0.4) is 0 Å². The molecule has 0 spiro atoms. The number of rotatable bonds is 6. The smallest absolute Gasteiger partial charge is 0.105 e. The summed E-state index contributed by atoms with van der Waals surface area (Å²) in [5.74, 6) is 0.981. The molecule has 1 aromatic carbocycles. The number of hydrogen-bond acceptors (Lipinski definition) is 2. The molecular weight excluding hydrogens is 234 g/mol. The number of hydrogen-bond donors (Lipinski definition) is 1. The molecule has 1 atom stereocenters. The molecule has 2 aromatic rings. The maximum absolute atomic E-state index is 5.41. The lowest BCUT2D eigenvalue weighted by molar-refractivity contribution is 0.523. The molecule has 0 fully saturated rings. The van der Waals surface area contributed by atoms with Gasteiger partial charge in [0.15, 0.2) is 0 Å². The Kier molecular flexibility index (Phi) is 4.80. The van der Waals surface area contributed by atoms with Crippen molar-refractivity contribution in [3.8, 4) is 0 Å². The van der Waals surface area contributed by atoms with Gasteiger partial charge in [-0.2, -0.15) is 0 Å². The van der Waals surface area contributed by atoms with Gasteiger partial charge in [0.1, 0.15) is 5.76 Å². The summed E-state index contributed by atoms with van der Waals surface area (Å²) in [7, 11) is 1.99. The van der Waals surface area contributed by atoms with E-state index in [1.165, 1.54) is 36.0 Å². The van der Waals surface area contributed by atoms with Gasteiger partial charge in [0.2, 0.25) is 0 Å². The zero-order valence-corrected chi connectivity index (χ0v) is 12.1. The van der Waals surface area contributed by atoms with Gasteiger partial charge in [0, 0.05) is 5.56 Å². The van der Waals surface area contributed by atoms with Crippen LogP contribution >= 0.6 is 0 Å². The Bertz CT molecular complexity index is 498. The second kappa shape index (κ2) is 6.58. The van der Waals surface area contributed by atoms with E-state index in [2.05, 4.69) is 36.5 Å². The van der Waals surface area contributed by atoms with Crippen LogP contribution in [0.1, 0.15) is 48.3 Å². The van der Waals surface area contributed by atoms with Crippen LogP contribution in [0, 0.1) is 6.92 Å². The molecule has 2 heteroatoms. The van der Waals surface area contributed by atoms with E-state index in [4.69, 9.17) is 4.42 Å². The van der Waals surface area contributed by atoms with E-state index in [9.17, 15) is 0 Å². The van der Waals surface area contributed by atoms with Crippen LogP contribution in [0.5, 0.6) is 0 Å². The first kappa shape index (κ1) is 13.9. The van der Waals surface area contributed by atoms with Gasteiger partial charge in [-0.3, -0.25) is 0 Å². The SMILES string of the molecule is CCCCc1ccc(C(NC)c2ccoc2C)cc1. The Morgan fingerprint density at radius 3 is 2.42 bits per heavy atom. The van der Waals surface area contributed by atoms with Gasteiger partial charge < -0.3 is 9.73 Å². The molecule has 1 unspecified atom stereocenters. The second-order valence-corrected chi connectivity index (χ2v) is 5.00. The van der Waals surface area contributed by atoms with Crippen LogP contribution in [-0.4, -0.2) is 7.05 Å². The molecule has 0 aliphatic heterocycles. The first-order chi connectivity index (χ1) is 9.26. The molecular formula is C17H23NO. The molecule has 0 radical (unpaired) electrons. The van der Waals surface area contributed by atoms with Crippen molar-refractivity contribution in [1.29, 1.82) is 0 Å². The highest BCUT2D eigenvalue weighted by Crippen LogP contribution is 2.25. The van der Waals surface area contributed by atoms with Crippen molar-refractivity contribution in [2.45, 2.75) is 39.2 Å². The lowest BCUT2D eigenvalue weighted by Crippen LogP contribution is -2.17. The van der Waals surface area contributed by atoms with E-state index in [1.54, 1.807) is 6.26 Å². The van der Waals surface area contributed by atoms with E-state index < -0.39 is 0 Å². The molecule has 0 aliphatic carbocycles. The van der Waals surface area contributed by atoms with Crippen LogP contribution in [-0.2, 0) is 6.42 Å². The van der Waals surface area contributed by atoms with Crippen molar-refractivity contribution in [2.24, 2.45) is 0 Å². The molecule has 1 aromatic heterocycles. The van der Waals surface area contributed by atoms with Gasteiger partial charge in [-0.25, -0.2) is 0 Å². The summed E-state index contributed by atoms with van der Waals surface area (Å²) in [5, 5.41) is 3.36. The van der Waals surface area contributed by atoms with Crippen LogP contribution in [0.15, 0.2) is 41.0 Å². The molecule has 1 N–H and O–H groups in total. The molecule has 0 bridgehead atoms. The van der Waals surface area contributed by atoms with Gasteiger partial charge in [-0.1, -0.05) is 37.6 Å². The lowest BCUT2D eigenvalue weighted by Gasteiger charge is -2.16. The first-order valence-electron chi connectivity index (χ1n) is 7.06. The fourth-order valence-corrected chi connectivity index (χ4v) is 2.45. The summed E-state index contributed by atoms with van der Waals surface area (Å²) >= 11 is 0. The van der Waals surface area contributed by atoms with Crippen LogP contribution in [0.25, 0.3) is 0 Å². The minimum absolute atomic E-state index is 0.207. The van der Waals surface area contributed by atoms with Crippen LogP contribution < -0.4 is 5.32 Å². The quantitative estimate of drug-likeness (QED) is 0.837. The predicted molar refractivity (Wildman–Crippen MR) is 79.4 cm³/mol. The maximum atomic E-state index is 5.41. The van der Waals surface area contributed by atoms with Crippen LogP contribution in [0.4, 0.5) is 0 Å². The Labute approximate surface area is 115 Å². The Morgan fingerprint density at radius 1 is 1.16 bits per heavy atom. The predicted octanol–water partition coefficient (Wildman–Crippen LogP) is 4.24. The van der Waals surface area contributed by atoms with Gasteiger partial charge in [0.05, 0.1) is 12.3 Å². The molecule has 102 valence electrons. The standard InChI is InChI=1S/C17H23NO/c1-4-5-6-14-7-9-15(10-8-14)17(18-3)16-11-12-19-13(16)2/h7-12,17-18H,4-6H2,1-3H3. The zero-order valence-electron chi connectivity index (χ0n) is 12.1. The van der Waals surface area contributed by atoms with Gasteiger partial charge in [-0.15, -0.1) is 0 Å². The second-order valence-electron chi connectivity index (χ2n) is 5.00. The molecule has 2 nitrogen and oxygen atoms in total. The van der Waals surface area contributed by atoms with E-state index in [-0.39, 0.29) is 6.04 Å². The van der Waals surface area contributed by atoms with E-state index in [1.807, 2.05) is 20.0 Å². The highest BCUT2D eigenvalue weighted by molar-refractivity contribution is 5.34. The molecule has 1 heterocycles. The third kappa shape index (κ3) is 3.27. The number of aryl methyl sites for hydroxylation is 2. The third-order valence-electron chi connectivity index (χ3n) is 3.63. The average molecular weight is 257 g/mol. The fourth-order valence-electron chi connectivity index (χ4n) is 2.45. The first-order valence-corrected chi connectivity index (χ1v) is 7.06. The Balaban J connectivity index is 2.18. The van der Waals surface area contributed by atoms with E-state index in [0.29, 0.717) is 0 Å². The van der Waals surface area contributed by atoms with Crippen molar-refractivity contribution in [1.82, 2.24) is 5.32 Å². The highest BCUT2D eigenvalue weighted by atomic mass is 16.3. The molecule has 0 amide bonds. The normalized spacial score (nSPS) is 12.6. The molecule has 0 saturated heterocycles. The van der Waals surface area contributed by atoms with Gasteiger partial charge in [-0.05, 0) is 44.0 Å². The maximum Gasteiger partial charge on any atom is 0.105 e. The van der Waals surface area contributed by atoms with E-state index in [0.717, 1.165) is 5.76 Å². The van der Waals surface area contributed by atoms with Crippen molar-refractivity contribution >= 4 is 0 Å². The zero-order chi connectivity index (χ0) is 13.7. The topological polar surface area (TPSA) is 25.2 Å². The summed E-state index contributed by atoms with van der Waals surface area (Å²) in [6.45, 7) is 4.24. The van der Waals surface area contributed by atoms with Gasteiger partial charge >= 0.3 is 0 Å². The average Bonchev–Trinajstić information content (AvgIpc) is 2.85. The largest absolute Gasteiger partial charge is 0.469 e. The third-order valence-corrected chi connectivity index (χ3v) is 3.63. The van der Waals surface area contributed by atoms with Gasteiger partial charge in [0.25, 0.3) is 0 Å². The summed E-state index contributed by atoms with van der Waals surface area (Å²) in [6.07, 6.45) is 5.43. The summed E-state index contributed by atoms with van der Waals surface area (Å²) < 4.78 is 5.41. The summed E-state index contributed by atoms with van der Waals surface area (Å²) in [4.78, 5) is 0. The minimum Gasteiger partial charge on any atom is -0.469 e. The van der Waals surface area contributed by atoms with Crippen LogP contribution in [0.2, 0.25) is 0 Å². The molecule has 19 heavy (non-hydrogen) atoms. The molecule has 0 saturated carbocycles. The number of unbranched alkanes of at least 4 members (excludes halogenated alkanes) is 1. The molecule has 2 rings (SSSR count). The highest BCUT2D eigenvalue weighted by Gasteiger charge is 2.15. The van der Waals surface area contributed by atoms with Crippen molar-refractivity contribution in [3.05, 3.63) is 59.0 Å². The van der Waals surface area contributed by atoms with Crippen molar-refractivity contribution in [3.63, 3.8) is 0 Å². The van der Waals surface area contributed by atoms with Crippen molar-refractivity contribution in [2.75, 3.05) is 7.05 Å². The number of nitrogens with one attached hydrogen (secondary N) is 1.